The lowest BCUT2D eigenvalue weighted by atomic mass is 10.1. The lowest BCUT2D eigenvalue weighted by Gasteiger charge is -2.18. The Morgan fingerprint density at radius 1 is 1.08 bits per heavy atom. The van der Waals surface area contributed by atoms with Crippen molar-refractivity contribution in [1.29, 1.82) is 0 Å². The first kappa shape index (κ1) is 20.3. The van der Waals surface area contributed by atoms with Gasteiger partial charge in [-0.3, -0.25) is 0 Å². The molecular formula is C20H27NO4S. The van der Waals surface area contributed by atoms with Crippen LogP contribution in [-0.2, 0) is 16.3 Å². The van der Waals surface area contributed by atoms with Crippen molar-refractivity contribution in [3.05, 3.63) is 59.7 Å². The zero-order valence-electron chi connectivity index (χ0n) is 15.6. The van der Waals surface area contributed by atoms with Crippen LogP contribution in [0.3, 0.4) is 0 Å². The van der Waals surface area contributed by atoms with Gasteiger partial charge < -0.3 is 14.8 Å². The summed E-state index contributed by atoms with van der Waals surface area (Å²) in [5.74, 6) is 1.16. The predicted molar refractivity (Wildman–Crippen MR) is 105 cm³/mol. The fourth-order valence-corrected chi connectivity index (χ4v) is 3.85. The first-order valence-corrected chi connectivity index (χ1v) is 10.7. The molecule has 0 amide bonds. The van der Waals surface area contributed by atoms with Crippen LogP contribution < -0.4 is 14.8 Å². The Bertz CT molecular complexity index is 791. The van der Waals surface area contributed by atoms with E-state index in [1.165, 1.54) is 11.8 Å². The van der Waals surface area contributed by atoms with E-state index in [2.05, 4.69) is 17.4 Å². The second-order valence-electron chi connectivity index (χ2n) is 6.10. The van der Waals surface area contributed by atoms with Crippen molar-refractivity contribution in [2.75, 3.05) is 33.1 Å². The van der Waals surface area contributed by atoms with Gasteiger partial charge in [0.15, 0.2) is 21.3 Å². The molecule has 2 rings (SSSR count). The molecule has 5 nitrogen and oxygen atoms in total. The van der Waals surface area contributed by atoms with E-state index in [4.69, 9.17) is 9.47 Å². The lowest BCUT2D eigenvalue weighted by molar-refractivity contribution is 0.310. The Kier molecular flexibility index (Phi) is 7.48. The van der Waals surface area contributed by atoms with Crippen LogP contribution in [0, 0.1) is 0 Å². The molecule has 1 unspecified atom stereocenters. The van der Waals surface area contributed by atoms with Gasteiger partial charge in [0.2, 0.25) is 0 Å². The molecule has 0 spiro atoms. The average molecular weight is 378 g/mol. The molecule has 0 heterocycles. The second kappa shape index (κ2) is 9.59. The van der Waals surface area contributed by atoms with Gasteiger partial charge in [-0.1, -0.05) is 36.4 Å². The van der Waals surface area contributed by atoms with E-state index in [-0.39, 0.29) is 0 Å². The lowest BCUT2D eigenvalue weighted by Crippen LogP contribution is -2.28. The molecule has 1 atom stereocenters. The van der Waals surface area contributed by atoms with Crippen molar-refractivity contribution >= 4 is 9.84 Å². The first-order chi connectivity index (χ1) is 12.5. The van der Waals surface area contributed by atoms with Gasteiger partial charge in [-0.25, -0.2) is 8.42 Å². The highest BCUT2D eigenvalue weighted by Gasteiger charge is 2.24. The van der Waals surface area contributed by atoms with E-state index in [1.807, 2.05) is 25.1 Å². The third-order valence-corrected chi connectivity index (χ3v) is 5.61. The molecule has 0 aliphatic rings. The number of hydrogen-bond donors (Lipinski definition) is 1. The largest absolute Gasteiger partial charge is 0.493 e. The summed E-state index contributed by atoms with van der Waals surface area (Å²) in [6.45, 7) is 3.43. The Morgan fingerprint density at radius 2 is 1.81 bits per heavy atom. The first-order valence-electron chi connectivity index (χ1n) is 8.70. The smallest absolute Gasteiger partial charge is 0.161 e. The highest BCUT2D eigenvalue weighted by Crippen LogP contribution is 2.32. The number of ether oxygens (including phenoxy) is 2. The van der Waals surface area contributed by atoms with Crippen LogP contribution in [0.1, 0.15) is 23.3 Å². The van der Waals surface area contributed by atoms with E-state index >= 15 is 0 Å². The van der Waals surface area contributed by atoms with Crippen molar-refractivity contribution in [2.24, 2.45) is 0 Å². The van der Waals surface area contributed by atoms with E-state index < -0.39 is 15.1 Å². The number of rotatable bonds is 10. The van der Waals surface area contributed by atoms with Crippen molar-refractivity contribution in [2.45, 2.75) is 18.6 Å². The highest BCUT2D eigenvalue weighted by molar-refractivity contribution is 7.91. The molecule has 26 heavy (non-hydrogen) atoms. The minimum Gasteiger partial charge on any atom is -0.493 e. The van der Waals surface area contributed by atoms with E-state index in [0.717, 1.165) is 6.42 Å². The zero-order chi connectivity index (χ0) is 19.0. The predicted octanol–water partition coefficient (Wildman–Crippen LogP) is 3.01. The molecule has 0 saturated carbocycles. The quantitative estimate of drug-likeness (QED) is 0.645. The molecule has 2 aromatic carbocycles. The summed E-state index contributed by atoms with van der Waals surface area (Å²) in [6, 6.07) is 15.4. The molecule has 2 aromatic rings. The van der Waals surface area contributed by atoms with Crippen LogP contribution in [-0.4, -0.2) is 41.5 Å². The van der Waals surface area contributed by atoms with Crippen LogP contribution in [0.25, 0.3) is 0 Å². The average Bonchev–Trinajstić information content (AvgIpc) is 2.62. The standard InChI is InChI=1S/C20H27NO4S/c1-4-25-19-14-17(10-11-18(19)24-2)20(26(3,22)23)15-21-13-12-16-8-6-5-7-9-16/h5-11,14,20-21H,4,12-13,15H2,1-3H3. The SMILES string of the molecule is CCOc1cc(C(CNCCc2ccccc2)S(C)(=O)=O)ccc1OC. The van der Waals surface area contributed by atoms with Gasteiger partial charge in [0, 0.05) is 12.8 Å². The molecule has 0 aliphatic heterocycles. The summed E-state index contributed by atoms with van der Waals surface area (Å²) >= 11 is 0. The molecule has 0 aromatic heterocycles. The van der Waals surface area contributed by atoms with Crippen LogP contribution >= 0.6 is 0 Å². The van der Waals surface area contributed by atoms with Gasteiger partial charge in [-0.15, -0.1) is 0 Å². The maximum atomic E-state index is 12.3. The minimum atomic E-state index is -3.27. The van der Waals surface area contributed by atoms with Crippen molar-refractivity contribution in [3.8, 4) is 11.5 Å². The molecule has 142 valence electrons. The fraction of sp³-hybridized carbons (Fsp3) is 0.400. The minimum absolute atomic E-state index is 0.351. The third kappa shape index (κ3) is 5.75. The monoisotopic (exact) mass is 377 g/mol. The van der Waals surface area contributed by atoms with Gasteiger partial charge in [-0.2, -0.15) is 0 Å². The molecule has 0 aliphatic carbocycles. The summed E-state index contributed by atoms with van der Waals surface area (Å²) in [4.78, 5) is 0. The second-order valence-corrected chi connectivity index (χ2v) is 8.33. The Morgan fingerprint density at radius 3 is 2.42 bits per heavy atom. The van der Waals surface area contributed by atoms with Crippen molar-refractivity contribution in [3.63, 3.8) is 0 Å². The summed E-state index contributed by atoms with van der Waals surface area (Å²) in [5.41, 5.74) is 1.92. The van der Waals surface area contributed by atoms with Gasteiger partial charge in [0.1, 0.15) is 0 Å². The number of hydrogen-bond acceptors (Lipinski definition) is 5. The summed E-state index contributed by atoms with van der Waals surface area (Å²) in [7, 11) is -1.71. The van der Waals surface area contributed by atoms with Crippen LogP contribution in [0.4, 0.5) is 0 Å². The van der Waals surface area contributed by atoms with Crippen molar-refractivity contribution in [1.82, 2.24) is 5.32 Å². The number of methoxy groups -OCH3 is 1. The number of nitrogens with one attached hydrogen (secondary N) is 1. The van der Waals surface area contributed by atoms with Gasteiger partial charge >= 0.3 is 0 Å². The molecule has 0 radical (unpaired) electrons. The number of benzene rings is 2. The molecule has 0 saturated heterocycles. The third-order valence-electron chi connectivity index (χ3n) is 4.14. The Hall–Kier alpha value is -2.05. The van der Waals surface area contributed by atoms with Gasteiger partial charge in [-0.05, 0) is 43.1 Å². The molecule has 1 N–H and O–H groups in total. The maximum Gasteiger partial charge on any atom is 0.161 e. The zero-order valence-corrected chi connectivity index (χ0v) is 16.4. The van der Waals surface area contributed by atoms with E-state index in [1.54, 1.807) is 25.3 Å². The number of sulfone groups is 1. The van der Waals surface area contributed by atoms with Crippen LogP contribution in [0.2, 0.25) is 0 Å². The van der Waals surface area contributed by atoms with Crippen LogP contribution in [0.15, 0.2) is 48.5 Å². The van der Waals surface area contributed by atoms with Gasteiger partial charge in [0.25, 0.3) is 0 Å². The summed E-state index contributed by atoms with van der Waals surface area (Å²) < 4.78 is 35.5. The maximum absolute atomic E-state index is 12.3. The fourth-order valence-electron chi connectivity index (χ4n) is 2.79. The summed E-state index contributed by atoms with van der Waals surface area (Å²) in [5, 5.41) is 2.63. The molecular weight excluding hydrogens is 350 g/mol. The normalized spacial score (nSPS) is 12.6. The van der Waals surface area contributed by atoms with Gasteiger partial charge in [0.05, 0.1) is 19.0 Å². The summed E-state index contributed by atoms with van der Waals surface area (Å²) in [6.07, 6.45) is 2.12. The molecule has 6 heteroatoms. The van der Waals surface area contributed by atoms with Crippen LogP contribution in [0.5, 0.6) is 11.5 Å². The topological polar surface area (TPSA) is 64.6 Å². The van der Waals surface area contributed by atoms with E-state index in [9.17, 15) is 8.42 Å². The Balaban J connectivity index is 2.09. The van der Waals surface area contributed by atoms with Crippen molar-refractivity contribution < 1.29 is 17.9 Å². The highest BCUT2D eigenvalue weighted by atomic mass is 32.2. The van der Waals surface area contributed by atoms with E-state index in [0.29, 0.717) is 36.8 Å². The molecule has 0 fully saturated rings. The Labute approximate surface area is 156 Å². The molecule has 0 bridgehead atoms.